The van der Waals surface area contributed by atoms with Crippen LogP contribution < -0.4 is 10.2 Å². The summed E-state index contributed by atoms with van der Waals surface area (Å²) in [4.78, 5) is 0. The lowest BCUT2D eigenvalue weighted by Gasteiger charge is -2.09. The van der Waals surface area contributed by atoms with Gasteiger partial charge in [-0.3, -0.25) is 0 Å². The highest BCUT2D eigenvalue weighted by atomic mass is 19.1. The van der Waals surface area contributed by atoms with Gasteiger partial charge in [0.15, 0.2) is 0 Å². The summed E-state index contributed by atoms with van der Waals surface area (Å²) in [5.74, 6) is 0.174. The van der Waals surface area contributed by atoms with Gasteiger partial charge in [0, 0.05) is 0 Å². The first-order valence-corrected chi connectivity index (χ1v) is 6.45. The minimum atomic E-state index is -1.69. The van der Waals surface area contributed by atoms with Crippen LogP contribution in [0.4, 0.5) is 4.39 Å². The number of halogens is 1. The van der Waals surface area contributed by atoms with Crippen LogP contribution in [0.3, 0.4) is 0 Å². The van der Waals surface area contributed by atoms with Crippen molar-refractivity contribution in [2.24, 2.45) is 0 Å². The maximum Gasteiger partial charge on any atom is 0.488 e. The molecule has 104 valence electrons. The molecule has 3 nitrogen and oxygen atoms in total. The molecule has 0 saturated carbocycles. The van der Waals surface area contributed by atoms with Gasteiger partial charge in [-0.2, -0.15) is 0 Å². The SMILES string of the molecule is CCc1ccc(OCc2cc(F)cc(B(O)O)c2)cc1. The van der Waals surface area contributed by atoms with Crippen molar-refractivity contribution in [3.8, 4) is 5.75 Å². The van der Waals surface area contributed by atoms with E-state index in [-0.39, 0.29) is 12.1 Å². The fourth-order valence-corrected chi connectivity index (χ4v) is 1.90. The normalized spacial score (nSPS) is 10.4. The van der Waals surface area contributed by atoms with Crippen LogP contribution >= 0.6 is 0 Å². The van der Waals surface area contributed by atoms with Crippen LogP contribution in [0.2, 0.25) is 0 Å². The van der Waals surface area contributed by atoms with E-state index in [0.717, 1.165) is 12.5 Å². The monoisotopic (exact) mass is 274 g/mol. The zero-order valence-electron chi connectivity index (χ0n) is 11.2. The van der Waals surface area contributed by atoms with E-state index >= 15 is 0 Å². The first-order chi connectivity index (χ1) is 9.58. The Morgan fingerprint density at radius 2 is 1.75 bits per heavy atom. The molecule has 0 atom stereocenters. The molecule has 0 fully saturated rings. The van der Waals surface area contributed by atoms with Crippen LogP contribution in [0.15, 0.2) is 42.5 Å². The lowest BCUT2D eigenvalue weighted by molar-refractivity contribution is 0.305. The number of hydrogen-bond acceptors (Lipinski definition) is 3. The molecule has 2 N–H and O–H groups in total. The molecule has 0 aromatic heterocycles. The first-order valence-electron chi connectivity index (χ1n) is 6.45. The highest BCUT2D eigenvalue weighted by molar-refractivity contribution is 6.58. The quantitative estimate of drug-likeness (QED) is 0.815. The number of rotatable bonds is 5. The summed E-state index contributed by atoms with van der Waals surface area (Å²) in [6.07, 6.45) is 0.960. The fraction of sp³-hybridized carbons (Fsp3) is 0.200. The summed E-state index contributed by atoms with van der Waals surface area (Å²) in [6.45, 7) is 2.24. The van der Waals surface area contributed by atoms with Crippen LogP contribution in [0.5, 0.6) is 5.75 Å². The molecule has 0 aliphatic heterocycles. The highest BCUT2D eigenvalue weighted by Crippen LogP contribution is 2.14. The van der Waals surface area contributed by atoms with Gasteiger partial charge in [0.1, 0.15) is 18.2 Å². The van der Waals surface area contributed by atoms with E-state index in [2.05, 4.69) is 6.92 Å². The van der Waals surface area contributed by atoms with Crippen molar-refractivity contribution in [2.75, 3.05) is 0 Å². The van der Waals surface area contributed by atoms with Crippen molar-refractivity contribution in [3.05, 3.63) is 59.4 Å². The summed E-state index contributed by atoms with van der Waals surface area (Å²) in [7, 11) is -1.69. The zero-order valence-corrected chi connectivity index (χ0v) is 11.2. The van der Waals surface area contributed by atoms with E-state index in [9.17, 15) is 4.39 Å². The maximum absolute atomic E-state index is 13.3. The van der Waals surface area contributed by atoms with Crippen LogP contribution in [-0.4, -0.2) is 17.2 Å². The largest absolute Gasteiger partial charge is 0.489 e. The average molecular weight is 274 g/mol. The second-order valence-electron chi connectivity index (χ2n) is 4.55. The van der Waals surface area contributed by atoms with E-state index in [1.807, 2.05) is 24.3 Å². The molecule has 0 saturated heterocycles. The van der Waals surface area contributed by atoms with Crippen molar-refractivity contribution >= 4 is 12.6 Å². The molecule has 5 heteroatoms. The second-order valence-corrected chi connectivity index (χ2v) is 4.55. The van der Waals surface area contributed by atoms with E-state index < -0.39 is 12.9 Å². The predicted octanol–water partition coefficient (Wildman–Crippen LogP) is 1.65. The Hall–Kier alpha value is -1.85. The Morgan fingerprint density at radius 1 is 1.05 bits per heavy atom. The van der Waals surface area contributed by atoms with Crippen LogP contribution in [0, 0.1) is 5.82 Å². The number of aryl methyl sites for hydroxylation is 1. The van der Waals surface area contributed by atoms with Crippen LogP contribution in [0.1, 0.15) is 18.1 Å². The fourth-order valence-electron chi connectivity index (χ4n) is 1.90. The summed E-state index contributed by atoms with van der Waals surface area (Å²) in [5, 5.41) is 18.1. The Morgan fingerprint density at radius 3 is 2.35 bits per heavy atom. The second kappa shape index (κ2) is 6.54. The molecule has 0 bridgehead atoms. The standard InChI is InChI=1S/C15H16BFO3/c1-2-11-3-5-15(6-4-11)20-10-12-7-13(16(18)19)9-14(17)8-12/h3-9,18-19H,2,10H2,1H3. The minimum Gasteiger partial charge on any atom is -0.489 e. The molecule has 0 aliphatic carbocycles. The van der Waals surface area contributed by atoms with Crippen molar-refractivity contribution in [1.29, 1.82) is 0 Å². The Kier molecular flexibility index (Phi) is 4.77. The molecule has 0 aliphatic rings. The smallest absolute Gasteiger partial charge is 0.488 e. The van der Waals surface area contributed by atoms with Gasteiger partial charge in [-0.1, -0.05) is 25.1 Å². The third-order valence-electron chi connectivity index (χ3n) is 3.02. The first kappa shape index (κ1) is 14.6. The summed E-state index contributed by atoms with van der Waals surface area (Å²) in [5.41, 5.74) is 1.88. The lowest BCUT2D eigenvalue weighted by Crippen LogP contribution is -2.30. The van der Waals surface area contributed by atoms with Gasteiger partial charge in [-0.25, -0.2) is 4.39 Å². The zero-order chi connectivity index (χ0) is 14.5. The third-order valence-corrected chi connectivity index (χ3v) is 3.02. The molecular weight excluding hydrogens is 258 g/mol. The topological polar surface area (TPSA) is 49.7 Å². The number of benzene rings is 2. The van der Waals surface area contributed by atoms with Gasteiger partial charge in [-0.05, 0) is 47.3 Å². The molecule has 0 radical (unpaired) electrons. The van der Waals surface area contributed by atoms with Gasteiger partial charge in [0.2, 0.25) is 0 Å². The van der Waals surface area contributed by atoms with Gasteiger partial charge < -0.3 is 14.8 Å². The Bertz CT molecular complexity index is 570. The summed E-state index contributed by atoms with van der Waals surface area (Å²) >= 11 is 0. The van der Waals surface area contributed by atoms with Crippen LogP contribution in [-0.2, 0) is 13.0 Å². The molecule has 0 unspecified atom stereocenters. The Balaban J connectivity index is 2.06. The average Bonchev–Trinajstić information content (AvgIpc) is 2.45. The van der Waals surface area contributed by atoms with Gasteiger partial charge in [-0.15, -0.1) is 0 Å². The third kappa shape index (κ3) is 3.82. The molecule has 2 aromatic carbocycles. The molecule has 20 heavy (non-hydrogen) atoms. The predicted molar refractivity (Wildman–Crippen MR) is 76.4 cm³/mol. The molecular formula is C15H16BFO3. The van der Waals surface area contributed by atoms with E-state index in [1.165, 1.54) is 17.7 Å². The lowest BCUT2D eigenvalue weighted by atomic mass is 9.79. The number of hydrogen-bond donors (Lipinski definition) is 2. The highest BCUT2D eigenvalue weighted by Gasteiger charge is 2.13. The molecule has 2 aromatic rings. The molecule has 0 heterocycles. The number of ether oxygens (including phenoxy) is 1. The van der Waals surface area contributed by atoms with Crippen molar-refractivity contribution in [3.63, 3.8) is 0 Å². The van der Waals surface area contributed by atoms with Crippen molar-refractivity contribution < 1.29 is 19.2 Å². The summed E-state index contributed by atoms with van der Waals surface area (Å²) in [6, 6.07) is 11.6. The molecule has 0 amide bonds. The maximum atomic E-state index is 13.3. The molecule has 0 spiro atoms. The molecule has 2 rings (SSSR count). The van der Waals surface area contributed by atoms with Crippen LogP contribution in [0.25, 0.3) is 0 Å². The summed E-state index contributed by atoms with van der Waals surface area (Å²) < 4.78 is 18.9. The minimum absolute atomic E-state index is 0.116. The van der Waals surface area contributed by atoms with Crippen molar-refractivity contribution in [1.82, 2.24) is 0 Å². The van der Waals surface area contributed by atoms with Gasteiger partial charge in [0.25, 0.3) is 0 Å². The Labute approximate surface area is 117 Å². The van der Waals surface area contributed by atoms with Gasteiger partial charge in [0.05, 0.1) is 0 Å². The van der Waals surface area contributed by atoms with E-state index in [1.54, 1.807) is 0 Å². The van der Waals surface area contributed by atoms with E-state index in [0.29, 0.717) is 11.3 Å². The van der Waals surface area contributed by atoms with Crippen molar-refractivity contribution in [2.45, 2.75) is 20.0 Å². The van der Waals surface area contributed by atoms with E-state index in [4.69, 9.17) is 14.8 Å². The van der Waals surface area contributed by atoms with Gasteiger partial charge >= 0.3 is 7.12 Å².